The fraction of sp³-hybridized carbons (Fsp3) is 0.263. The first-order valence-corrected chi connectivity index (χ1v) is 7.72. The lowest BCUT2D eigenvalue weighted by molar-refractivity contribution is -0.121. The Bertz CT molecular complexity index is 858. The fourth-order valence-corrected chi connectivity index (χ4v) is 3.24. The van der Waals surface area contributed by atoms with Crippen molar-refractivity contribution in [2.45, 2.75) is 26.2 Å². The Hall–Kier alpha value is -2.69. The Morgan fingerprint density at radius 2 is 1.92 bits per heavy atom. The van der Waals surface area contributed by atoms with Gasteiger partial charge in [-0.1, -0.05) is 6.07 Å². The predicted molar refractivity (Wildman–Crippen MR) is 92.0 cm³/mol. The predicted octanol–water partition coefficient (Wildman–Crippen LogP) is 3.64. The van der Waals surface area contributed by atoms with Crippen LogP contribution in [0.4, 0.5) is 15.8 Å². The van der Waals surface area contributed by atoms with Crippen LogP contribution in [0.2, 0.25) is 0 Å². The number of hydrogen-bond acceptors (Lipinski definition) is 2. The number of anilines is 2. The maximum absolute atomic E-state index is 13.3. The summed E-state index contributed by atoms with van der Waals surface area (Å²) in [4.78, 5) is 26.4. The van der Waals surface area contributed by atoms with Crippen LogP contribution < -0.4 is 10.2 Å². The number of benzene rings is 2. The van der Waals surface area contributed by atoms with Crippen molar-refractivity contribution in [2.75, 3.05) is 17.3 Å². The zero-order valence-corrected chi connectivity index (χ0v) is 14.1. The molecular formula is C19H19FN2O2. The van der Waals surface area contributed by atoms with E-state index in [2.05, 4.69) is 5.32 Å². The lowest BCUT2D eigenvalue weighted by atomic mass is 9.85. The molecule has 0 aliphatic carbocycles. The van der Waals surface area contributed by atoms with Crippen molar-refractivity contribution in [3.63, 3.8) is 0 Å². The number of rotatable bonds is 2. The molecule has 1 aliphatic heterocycles. The summed E-state index contributed by atoms with van der Waals surface area (Å²) in [6.07, 6.45) is 0. The van der Waals surface area contributed by atoms with Crippen LogP contribution in [-0.4, -0.2) is 18.9 Å². The summed E-state index contributed by atoms with van der Waals surface area (Å²) in [7, 11) is 1.76. The molecule has 0 radical (unpaired) electrons. The normalized spacial score (nSPS) is 15.4. The molecule has 0 fully saturated rings. The van der Waals surface area contributed by atoms with Crippen molar-refractivity contribution >= 4 is 23.2 Å². The van der Waals surface area contributed by atoms with E-state index in [9.17, 15) is 14.0 Å². The molecule has 2 aromatic carbocycles. The maximum Gasteiger partial charge on any atom is 0.255 e. The summed E-state index contributed by atoms with van der Waals surface area (Å²) in [6, 6.07) is 9.17. The van der Waals surface area contributed by atoms with Gasteiger partial charge in [-0.3, -0.25) is 9.59 Å². The van der Waals surface area contributed by atoms with E-state index < -0.39 is 11.2 Å². The second-order valence-electron chi connectivity index (χ2n) is 6.64. The van der Waals surface area contributed by atoms with Crippen LogP contribution in [0.15, 0.2) is 36.4 Å². The summed E-state index contributed by atoms with van der Waals surface area (Å²) >= 11 is 0. The first kappa shape index (κ1) is 16.2. The molecule has 3 rings (SSSR count). The number of hydrogen-bond donors (Lipinski definition) is 1. The van der Waals surface area contributed by atoms with Gasteiger partial charge in [-0.2, -0.15) is 0 Å². The zero-order valence-electron chi connectivity index (χ0n) is 14.1. The topological polar surface area (TPSA) is 49.4 Å². The van der Waals surface area contributed by atoms with Gasteiger partial charge in [0.05, 0.1) is 11.1 Å². The highest BCUT2D eigenvalue weighted by atomic mass is 19.1. The number of halogens is 1. The van der Waals surface area contributed by atoms with Gasteiger partial charge in [0, 0.05) is 18.3 Å². The first-order chi connectivity index (χ1) is 11.2. The minimum Gasteiger partial charge on any atom is -0.322 e. The molecule has 0 aromatic heterocycles. The van der Waals surface area contributed by atoms with Crippen LogP contribution in [-0.2, 0) is 10.2 Å². The molecule has 0 saturated carbocycles. The standard InChI is InChI=1S/C19H19FN2O2/c1-11-8-14(21-17(23)12-6-5-7-13(20)9-12)10-15-16(11)22(4)18(24)19(15,2)3/h5-10H,1-4H3,(H,21,23). The largest absolute Gasteiger partial charge is 0.322 e. The summed E-state index contributed by atoms with van der Waals surface area (Å²) in [5.74, 6) is -0.820. The lowest BCUT2D eigenvalue weighted by Crippen LogP contribution is -2.33. The number of carbonyl (C=O) groups excluding carboxylic acids is 2. The van der Waals surface area contributed by atoms with Crippen LogP contribution in [0.25, 0.3) is 0 Å². The minimum atomic E-state index is -0.644. The molecule has 0 spiro atoms. The van der Waals surface area contributed by atoms with E-state index in [1.165, 1.54) is 18.2 Å². The van der Waals surface area contributed by atoms with Crippen LogP contribution in [0.3, 0.4) is 0 Å². The first-order valence-electron chi connectivity index (χ1n) is 7.72. The van der Waals surface area contributed by atoms with Gasteiger partial charge >= 0.3 is 0 Å². The van der Waals surface area contributed by atoms with E-state index in [0.717, 1.165) is 16.8 Å². The molecule has 1 heterocycles. The smallest absolute Gasteiger partial charge is 0.255 e. The van der Waals surface area contributed by atoms with Crippen molar-refractivity contribution in [1.82, 2.24) is 0 Å². The quantitative estimate of drug-likeness (QED) is 0.916. The number of fused-ring (bicyclic) bond motifs is 1. The maximum atomic E-state index is 13.3. The van der Waals surface area contributed by atoms with Gasteiger partial charge in [0.2, 0.25) is 5.91 Å². The Kier molecular flexibility index (Phi) is 3.67. The van der Waals surface area contributed by atoms with E-state index in [0.29, 0.717) is 5.69 Å². The third kappa shape index (κ3) is 2.46. The molecule has 0 bridgehead atoms. The number of amides is 2. The second-order valence-corrected chi connectivity index (χ2v) is 6.64. The van der Waals surface area contributed by atoms with E-state index in [4.69, 9.17) is 0 Å². The average Bonchev–Trinajstić information content (AvgIpc) is 2.68. The third-order valence-corrected chi connectivity index (χ3v) is 4.49. The second kappa shape index (κ2) is 5.44. The van der Waals surface area contributed by atoms with Crippen molar-refractivity contribution in [1.29, 1.82) is 0 Å². The van der Waals surface area contributed by atoms with E-state index in [1.54, 1.807) is 18.0 Å². The van der Waals surface area contributed by atoms with Gasteiger partial charge in [-0.15, -0.1) is 0 Å². The number of aryl methyl sites for hydroxylation is 1. The van der Waals surface area contributed by atoms with E-state index in [-0.39, 0.29) is 17.4 Å². The summed E-state index contributed by atoms with van der Waals surface area (Å²) in [5.41, 5.74) is 2.87. The Balaban J connectivity index is 1.97. The molecule has 24 heavy (non-hydrogen) atoms. The molecule has 0 saturated heterocycles. The van der Waals surface area contributed by atoms with Crippen LogP contribution in [0, 0.1) is 12.7 Å². The Morgan fingerprint density at radius 1 is 1.21 bits per heavy atom. The Morgan fingerprint density at radius 3 is 2.58 bits per heavy atom. The molecule has 1 aliphatic rings. The molecule has 4 nitrogen and oxygen atoms in total. The fourth-order valence-electron chi connectivity index (χ4n) is 3.24. The van der Waals surface area contributed by atoms with E-state index in [1.807, 2.05) is 32.9 Å². The SMILES string of the molecule is Cc1cc(NC(=O)c2cccc(F)c2)cc2c1N(C)C(=O)C2(C)C. The number of nitrogens with zero attached hydrogens (tertiary/aromatic N) is 1. The Labute approximate surface area is 140 Å². The summed E-state index contributed by atoms with van der Waals surface area (Å²) < 4.78 is 13.3. The summed E-state index contributed by atoms with van der Waals surface area (Å²) in [5, 5.41) is 2.79. The van der Waals surface area contributed by atoms with Crippen LogP contribution in [0.5, 0.6) is 0 Å². The molecule has 1 N–H and O–H groups in total. The average molecular weight is 326 g/mol. The highest BCUT2D eigenvalue weighted by molar-refractivity contribution is 6.09. The van der Waals surface area contributed by atoms with Crippen LogP contribution in [0.1, 0.15) is 35.3 Å². The lowest BCUT2D eigenvalue weighted by Gasteiger charge is -2.17. The molecule has 124 valence electrons. The number of carbonyl (C=O) groups is 2. The van der Waals surface area contributed by atoms with Gasteiger partial charge in [0.15, 0.2) is 0 Å². The zero-order chi connectivity index (χ0) is 17.6. The molecule has 2 amide bonds. The van der Waals surface area contributed by atoms with Gasteiger partial charge in [0.1, 0.15) is 5.82 Å². The van der Waals surface area contributed by atoms with Crippen molar-refractivity contribution in [3.05, 3.63) is 58.9 Å². The van der Waals surface area contributed by atoms with Crippen LogP contribution >= 0.6 is 0 Å². The van der Waals surface area contributed by atoms with Crippen molar-refractivity contribution in [2.24, 2.45) is 0 Å². The number of likely N-dealkylation sites (N-methyl/N-ethyl adjacent to an activating group) is 1. The van der Waals surface area contributed by atoms with E-state index >= 15 is 0 Å². The monoisotopic (exact) mass is 326 g/mol. The highest BCUT2D eigenvalue weighted by Gasteiger charge is 2.43. The molecule has 0 unspecified atom stereocenters. The number of nitrogens with one attached hydrogen (secondary N) is 1. The molecule has 2 aromatic rings. The molecule has 0 atom stereocenters. The van der Waals surface area contributed by atoms with Gasteiger partial charge in [0.25, 0.3) is 5.91 Å². The summed E-state index contributed by atoms with van der Waals surface area (Å²) in [6.45, 7) is 5.65. The minimum absolute atomic E-state index is 0.0224. The molecule has 5 heteroatoms. The van der Waals surface area contributed by atoms with Crippen molar-refractivity contribution in [3.8, 4) is 0 Å². The molecular weight excluding hydrogens is 307 g/mol. The third-order valence-electron chi connectivity index (χ3n) is 4.49. The van der Waals surface area contributed by atoms with Crippen molar-refractivity contribution < 1.29 is 14.0 Å². The van der Waals surface area contributed by atoms with Gasteiger partial charge in [-0.05, 0) is 62.2 Å². The highest BCUT2D eigenvalue weighted by Crippen LogP contribution is 2.44. The van der Waals surface area contributed by atoms with Gasteiger partial charge < -0.3 is 10.2 Å². The van der Waals surface area contributed by atoms with Gasteiger partial charge in [-0.25, -0.2) is 4.39 Å².